The Kier molecular flexibility index (Phi) is 2.70. The molecule has 0 unspecified atom stereocenters. The van der Waals surface area contributed by atoms with Crippen molar-refractivity contribution >= 4 is 0 Å². The topological polar surface area (TPSA) is 9.23 Å². The van der Waals surface area contributed by atoms with Crippen molar-refractivity contribution in [3.05, 3.63) is 0 Å². The molecule has 11 heavy (non-hydrogen) atoms. The van der Waals surface area contributed by atoms with Crippen LogP contribution in [0.5, 0.6) is 0 Å². The SMILES string of the molecule is FOC(F)(F)C(F)(F)C(F)F. The Balaban J connectivity index is 4.53. The van der Waals surface area contributed by atoms with Crippen LogP contribution in [-0.2, 0) is 4.94 Å². The smallest absolute Gasteiger partial charge is 0.203 e. The third-order valence-electron chi connectivity index (χ3n) is 0.759. The van der Waals surface area contributed by atoms with E-state index in [0.717, 1.165) is 0 Å². The van der Waals surface area contributed by atoms with Gasteiger partial charge >= 0.3 is 18.5 Å². The van der Waals surface area contributed by atoms with Crippen molar-refractivity contribution in [3.63, 3.8) is 0 Å². The first-order valence-corrected chi connectivity index (χ1v) is 2.09. The highest BCUT2D eigenvalue weighted by Gasteiger charge is 2.65. The molecule has 0 aliphatic heterocycles. The maximum atomic E-state index is 11.5. The van der Waals surface area contributed by atoms with Gasteiger partial charge in [0.25, 0.3) is 0 Å². The van der Waals surface area contributed by atoms with Gasteiger partial charge < -0.3 is 0 Å². The zero-order valence-corrected chi connectivity index (χ0v) is 4.63. The molecule has 0 aromatic rings. The lowest BCUT2D eigenvalue weighted by molar-refractivity contribution is -0.439. The lowest BCUT2D eigenvalue weighted by atomic mass is 10.3. The minimum atomic E-state index is -5.82. The zero-order chi connectivity index (χ0) is 9.28. The summed E-state index contributed by atoms with van der Waals surface area (Å²) in [5, 5.41) is 0. The number of hydrogen-bond donors (Lipinski definition) is 0. The molecule has 0 aromatic heterocycles. The van der Waals surface area contributed by atoms with Crippen molar-refractivity contribution in [1.82, 2.24) is 0 Å². The second kappa shape index (κ2) is 2.84. The Morgan fingerprint density at radius 2 is 1.36 bits per heavy atom. The van der Waals surface area contributed by atoms with E-state index in [2.05, 4.69) is 0 Å². The van der Waals surface area contributed by atoms with Gasteiger partial charge in [-0.1, -0.05) is 0 Å². The first kappa shape index (κ1) is 10.5. The molecule has 0 fully saturated rings. The Labute approximate surface area is 55.6 Å². The van der Waals surface area contributed by atoms with Gasteiger partial charge in [0.1, 0.15) is 0 Å². The summed E-state index contributed by atoms with van der Waals surface area (Å²) in [5.74, 6) is -5.82. The molecule has 0 aromatic carbocycles. The van der Waals surface area contributed by atoms with Crippen LogP contribution in [0.2, 0.25) is 0 Å². The van der Waals surface area contributed by atoms with Gasteiger partial charge in [-0.15, -0.1) is 4.94 Å². The second-order valence-electron chi connectivity index (χ2n) is 1.52. The third-order valence-corrected chi connectivity index (χ3v) is 0.759. The molecule has 1 nitrogen and oxygen atoms in total. The molecule has 0 radical (unpaired) electrons. The molecule has 0 heterocycles. The van der Waals surface area contributed by atoms with Crippen molar-refractivity contribution < 1.29 is 35.8 Å². The van der Waals surface area contributed by atoms with E-state index >= 15 is 0 Å². The Bertz CT molecular complexity index is 132. The molecular weight excluding hydrogens is 185 g/mol. The predicted octanol–water partition coefficient (Wildman–Crippen LogP) is 2.38. The van der Waals surface area contributed by atoms with Crippen LogP contribution < -0.4 is 0 Å². The normalized spacial score (nSPS) is 14.2. The van der Waals surface area contributed by atoms with Crippen molar-refractivity contribution in [3.8, 4) is 0 Å². The highest BCUT2D eigenvalue weighted by molar-refractivity contribution is 4.78. The van der Waals surface area contributed by atoms with Crippen molar-refractivity contribution in [1.29, 1.82) is 0 Å². The summed E-state index contributed by atoms with van der Waals surface area (Å²) in [4.78, 5) is 1.40. The Morgan fingerprint density at radius 1 is 1.00 bits per heavy atom. The quantitative estimate of drug-likeness (QED) is 0.614. The number of hydrogen-bond acceptors (Lipinski definition) is 1. The van der Waals surface area contributed by atoms with Crippen molar-refractivity contribution in [2.45, 2.75) is 18.5 Å². The maximum Gasteiger partial charge on any atom is 0.455 e. The summed E-state index contributed by atoms with van der Waals surface area (Å²) >= 11 is 0. The van der Waals surface area contributed by atoms with Gasteiger partial charge in [0, 0.05) is 0 Å². The van der Waals surface area contributed by atoms with Gasteiger partial charge in [0.15, 0.2) is 0 Å². The van der Waals surface area contributed by atoms with E-state index in [4.69, 9.17) is 0 Å². The summed E-state index contributed by atoms with van der Waals surface area (Å²) < 4.78 is 78.2. The van der Waals surface area contributed by atoms with E-state index in [1.807, 2.05) is 0 Å². The lowest BCUT2D eigenvalue weighted by Gasteiger charge is -2.20. The van der Waals surface area contributed by atoms with E-state index in [9.17, 15) is 30.9 Å². The maximum absolute atomic E-state index is 11.5. The molecule has 0 rings (SSSR count). The summed E-state index contributed by atoms with van der Waals surface area (Å²) in [6.45, 7) is 0. The van der Waals surface area contributed by atoms with E-state index < -0.39 is 18.5 Å². The molecule has 0 aliphatic carbocycles. The molecule has 0 saturated carbocycles. The number of halogens is 7. The fourth-order valence-electron chi connectivity index (χ4n) is 0.178. The summed E-state index contributed by atoms with van der Waals surface area (Å²) in [6.07, 6.45) is -10.5. The average molecular weight is 186 g/mol. The average Bonchev–Trinajstić information content (AvgIpc) is 1.87. The van der Waals surface area contributed by atoms with Crippen LogP contribution in [0.3, 0.4) is 0 Å². The van der Waals surface area contributed by atoms with Crippen LogP contribution in [0, 0.1) is 0 Å². The van der Waals surface area contributed by atoms with Gasteiger partial charge in [-0.05, 0) is 4.53 Å². The highest BCUT2D eigenvalue weighted by atomic mass is 19.4. The molecular formula is C3HF7O. The monoisotopic (exact) mass is 186 g/mol. The largest absolute Gasteiger partial charge is 0.455 e. The third kappa shape index (κ3) is 1.73. The molecule has 0 bridgehead atoms. The number of rotatable bonds is 3. The van der Waals surface area contributed by atoms with Gasteiger partial charge in [-0.3, -0.25) is 0 Å². The molecule has 0 saturated heterocycles. The fourth-order valence-corrected chi connectivity index (χ4v) is 0.178. The molecule has 0 amide bonds. The minimum absolute atomic E-state index is 1.40. The van der Waals surface area contributed by atoms with E-state index in [-0.39, 0.29) is 0 Å². The second-order valence-corrected chi connectivity index (χ2v) is 1.52. The van der Waals surface area contributed by atoms with Crippen molar-refractivity contribution in [2.75, 3.05) is 0 Å². The van der Waals surface area contributed by atoms with Crippen LogP contribution in [-0.4, -0.2) is 18.5 Å². The van der Waals surface area contributed by atoms with Crippen molar-refractivity contribution in [2.24, 2.45) is 0 Å². The Morgan fingerprint density at radius 3 is 1.45 bits per heavy atom. The minimum Gasteiger partial charge on any atom is -0.203 e. The van der Waals surface area contributed by atoms with Crippen LogP contribution in [0.25, 0.3) is 0 Å². The van der Waals surface area contributed by atoms with Gasteiger partial charge in [-0.25, -0.2) is 8.78 Å². The van der Waals surface area contributed by atoms with Crippen LogP contribution in [0.4, 0.5) is 30.9 Å². The summed E-state index contributed by atoms with van der Waals surface area (Å²) in [6, 6.07) is 0. The first-order valence-electron chi connectivity index (χ1n) is 2.09. The summed E-state index contributed by atoms with van der Waals surface area (Å²) in [7, 11) is 0. The Hall–Kier alpha value is -0.530. The first-order chi connectivity index (χ1) is 4.75. The van der Waals surface area contributed by atoms with Crippen LogP contribution in [0.1, 0.15) is 0 Å². The molecule has 0 spiro atoms. The lowest BCUT2D eigenvalue weighted by Crippen LogP contribution is -2.46. The summed E-state index contributed by atoms with van der Waals surface area (Å²) in [5.41, 5.74) is 0. The fraction of sp³-hybridized carbons (Fsp3) is 1.00. The molecule has 68 valence electrons. The zero-order valence-electron chi connectivity index (χ0n) is 4.63. The molecule has 0 aliphatic rings. The predicted molar refractivity (Wildman–Crippen MR) is 18.1 cm³/mol. The molecule has 0 atom stereocenters. The van der Waals surface area contributed by atoms with E-state index in [0.29, 0.717) is 0 Å². The number of alkyl halides is 6. The van der Waals surface area contributed by atoms with Gasteiger partial charge in [0.2, 0.25) is 0 Å². The van der Waals surface area contributed by atoms with Crippen LogP contribution >= 0.6 is 0 Å². The van der Waals surface area contributed by atoms with E-state index in [1.54, 1.807) is 0 Å². The molecule has 8 heteroatoms. The van der Waals surface area contributed by atoms with Crippen LogP contribution in [0.15, 0.2) is 0 Å². The van der Waals surface area contributed by atoms with Gasteiger partial charge in [0.05, 0.1) is 0 Å². The standard InChI is InChI=1S/C3HF7O/c4-1(5)2(6,7)3(8,9)11-10/h1H. The highest BCUT2D eigenvalue weighted by Crippen LogP contribution is 2.39. The molecule has 0 N–H and O–H groups in total. The van der Waals surface area contributed by atoms with E-state index in [1.165, 1.54) is 4.94 Å². The van der Waals surface area contributed by atoms with Gasteiger partial charge in [-0.2, -0.15) is 17.6 Å².